The fourth-order valence-corrected chi connectivity index (χ4v) is 3.48. The molecule has 130 valence electrons. The van der Waals surface area contributed by atoms with Crippen molar-refractivity contribution in [2.24, 2.45) is 5.92 Å². The highest BCUT2D eigenvalue weighted by Crippen LogP contribution is 2.29. The van der Waals surface area contributed by atoms with Crippen molar-refractivity contribution in [3.8, 4) is 0 Å². The molecule has 3 rings (SSSR count). The molecular weight excluding hydrogens is 312 g/mol. The van der Waals surface area contributed by atoms with Gasteiger partial charge in [0.15, 0.2) is 5.78 Å². The minimum Gasteiger partial charge on any atom is -0.354 e. The van der Waals surface area contributed by atoms with Crippen molar-refractivity contribution < 1.29 is 9.59 Å². The van der Waals surface area contributed by atoms with Crippen LogP contribution in [0.5, 0.6) is 0 Å². The van der Waals surface area contributed by atoms with E-state index in [9.17, 15) is 9.59 Å². The largest absolute Gasteiger partial charge is 0.354 e. The number of hydrogen-bond acceptors (Lipinski definition) is 3. The molecule has 25 heavy (non-hydrogen) atoms. The van der Waals surface area contributed by atoms with Gasteiger partial charge in [0, 0.05) is 31.1 Å². The van der Waals surface area contributed by atoms with Crippen molar-refractivity contribution in [3.63, 3.8) is 0 Å². The fourth-order valence-electron chi connectivity index (χ4n) is 3.48. The molecule has 0 unspecified atom stereocenters. The van der Waals surface area contributed by atoms with Crippen molar-refractivity contribution in [1.29, 1.82) is 0 Å². The Morgan fingerprint density at radius 1 is 1.12 bits per heavy atom. The average molecular weight is 336 g/mol. The molecule has 1 N–H and O–H groups in total. The minimum absolute atomic E-state index is 0.119. The van der Waals surface area contributed by atoms with Crippen LogP contribution < -0.4 is 5.32 Å². The lowest BCUT2D eigenvalue weighted by Crippen LogP contribution is -2.21. The number of Topliss-reactive ketones (excluding diaryl/α,β-unsaturated/α-hetero) is 1. The zero-order valence-electron chi connectivity index (χ0n) is 14.6. The predicted octanol–water partition coefficient (Wildman–Crippen LogP) is 3.80. The molecule has 0 saturated heterocycles. The molecule has 1 fully saturated rings. The Morgan fingerprint density at radius 2 is 1.84 bits per heavy atom. The number of carbonyl (C=O) groups excluding carboxylic acids is 2. The van der Waals surface area contributed by atoms with Crippen LogP contribution in [-0.2, 0) is 6.42 Å². The summed E-state index contributed by atoms with van der Waals surface area (Å²) in [5, 5.41) is 2.60. The number of ketones is 1. The van der Waals surface area contributed by atoms with Crippen molar-refractivity contribution in [1.82, 2.24) is 10.3 Å². The van der Waals surface area contributed by atoms with Crippen molar-refractivity contribution in [2.45, 2.75) is 38.5 Å². The Kier molecular flexibility index (Phi) is 5.59. The first-order valence-electron chi connectivity index (χ1n) is 8.96. The number of nitrogens with zero attached hydrogens (tertiary/aromatic N) is 1. The monoisotopic (exact) mass is 336 g/mol. The Bertz CT molecular complexity index is 750. The first-order chi connectivity index (χ1) is 12.2. The van der Waals surface area contributed by atoms with E-state index in [0.717, 1.165) is 24.1 Å². The Labute approximate surface area is 148 Å². The fraction of sp³-hybridized carbons (Fsp3) is 0.381. The van der Waals surface area contributed by atoms with Crippen molar-refractivity contribution >= 4 is 11.7 Å². The van der Waals surface area contributed by atoms with Crippen LogP contribution >= 0.6 is 0 Å². The van der Waals surface area contributed by atoms with Crippen LogP contribution in [0, 0.1) is 5.92 Å². The van der Waals surface area contributed by atoms with E-state index in [2.05, 4.69) is 10.3 Å². The summed E-state index contributed by atoms with van der Waals surface area (Å²) >= 11 is 0. The number of amides is 1. The first kappa shape index (κ1) is 17.3. The summed E-state index contributed by atoms with van der Waals surface area (Å²) in [6, 6.07) is 13.4. The van der Waals surface area contributed by atoms with E-state index in [1.54, 1.807) is 13.1 Å². The number of rotatable bonds is 6. The molecule has 1 saturated carbocycles. The number of pyridine rings is 1. The molecule has 1 amide bonds. The second-order valence-corrected chi connectivity index (χ2v) is 6.75. The van der Waals surface area contributed by atoms with Crippen LogP contribution in [0.1, 0.15) is 64.2 Å². The summed E-state index contributed by atoms with van der Waals surface area (Å²) in [6.07, 6.45) is 5.89. The van der Waals surface area contributed by atoms with Gasteiger partial charge in [0.2, 0.25) is 0 Å². The van der Waals surface area contributed by atoms with Gasteiger partial charge in [-0.3, -0.25) is 9.59 Å². The standard InChI is InChI=1S/C21H24N2O2/c1-22-21(25)19-14-17(20(24)12-16-9-5-6-10-16)13-18(23-19)11-15-7-3-2-4-8-15/h2-4,7-8,13-14,16H,5-6,9-12H2,1H3,(H,22,25). The maximum Gasteiger partial charge on any atom is 0.269 e. The lowest BCUT2D eigenvalue weighted by molar-refractivity contribution is 0.0958. The zero-order chi connectivity index (χ0) is 17.6. The Morgan fingerprint density at radius 3 is 2.52 bits per heavy atom. The van der Waals surface area contributed by atoms with Gasteiger partial charge in [-0.1, -0.05) is 56.0 Å². The molecule has 1 heterocycles. The van der Waals surface area contributed by atoms with Gasteiger partial charge in [-0.15, -0.1) is 0 Å². The smallest absolute Gasteiger partial charge is 0.269 e. The molecule has 1 aromatic heterocycles. The number of benzene rings is 1. The lowest BCUT2D eigenvalue weighted by atomic mass is 9.96. The van der Waals surface area contributed by atoms with Crippen LogP contribution in [0.15, 0.2) is 42.5 Å². The molecule has 1 aliphatic rings. The number of nitrogens with one attached hydrogen (secondary N) is 1. The molecule has 2 aromatic rings. The van der Waals surface area contributed by atoms with Gasteiger partial charge in [0.1, 0.15) is 5.69 Å². The molecule has 0 spiro atoms. The minimum atomic E-state index is -0.259. The van der Waals surface area contributed by atoms with Crippen LogP contribution in [0.3, 0.4) is 0 Å². The molecular formula is C21H24N2O2. The molecule has 0 atom stereocenters. The van der Waals surface area contributed by atoms with Crippen LogP contribution in [0.4, 0.5) is 0 Å². The quantitative estimate of drug-likeness (QED) is 0.816. The summed E-state index contributed by atoms with van der Waals surface area (Å²) in [7, 11) is 1.58. The molecule has 0 bridgehead atoms. The number of hydrogen-bond donors (Lipinski definition) is 1. The van der Waals surface area contributed by atoms with Crippen LogP contribution in [-0.4, -0.2) is 23.7 Å². The van der Waals surface area contributed by atoms with E-state index in [4.69, 9.17) is 0 Å². The maximum absolute atomic E-state index is 12.7. The van der Waals surface area contributed by atoms with Gasteiger partial charge in [-0.05, 0) is 23.6 Å². The van der Waals surface area contributed by atoms with Gasteiger partial charge in [0.05, 0.1) is 0 Å². The highest BCUT2D eigenvalue weighted by Gasteiger charge is 2.21. The van der Waals surface area contributed by atoms with E-state index >= 15 is 0 Å². The van der Waals surface area contributed by atoms with Gasteiger partial charge in [-0.25, -0.2) is 4.98 Å². The molecule has 0 aliphatic heterocycles. The molecule has 1 aliphatic carbocycles. The molecule has 4 nitrogen and oxygen atoms in total. The van der Waals surface area contributed by atoms with E-state index in [-0.39, 0.29) is 11.7 Å². The summed E-state index contributed by atoms with van der Waals surface area (Å²) < 4.78 is 0. The summed E-state index contributed by atoms with van der Waals surface area (Å²) in [5.41, 5.74) is 2.78. The van der Waals surface area contributed by atoms with Gasteiger partial charge in [0.25, 0.3) is 5.91 Å². The third kappa shape index (κ3) is 4.53. The second kappa shape index (κ2) is 8.06. The van der Waals surface area contributed by atoms with Gasteiger partial charge >= 0.3 is 0 Å². The third-order valence-electron chi connectivity index (χ3n) is 4.84. The zero-order valence-corrected chi connectivity index (χ0v) is 14.6. The Hall–Kier alpha value is -2.49. The van der Waals surface area contributed by atoms with Gasteiger partial charge < -0.3 is 5.32 Å². The summed E-state index contributed by atoms with van der Waals surface area (Å²) in [6.45, 7) is 0. The normalized spacial score (nSPS) is 14.4. The lowest BCUT2D eigenvalue weighted by Gasteiger charge is -2.11. The first-order valence-corrected chi connectivity index (χ1v) is 8.96. The molecule has 1 aromatic carbocycles. The van der Waals surface area contributed by atoms with E-state index in [1.807, 2.05) is 36.4 Å². The third-order valence-corrected chi connectivity index (χ3v) is 4.84. The predicted molar refractivity (Wildman–Crippen MR) is 97.8 cm³/mol. The second-order valence-electron chi connectivity index (χ2n) is 6.75. The maximum atomic E-state index is 12.7. The highest BCUT2D eigenvalue weighted by molar-refractivity contribution is 5.99. The van der Waals surface area contributed by atoms with Crippen LogP contribution in [0.25, 0.3) is 0 Å². The molecule has 0 radical (unpaired) electrons. The van der Waals surface area contributed by atoms with E-state index in [1.165, 1.54) is 12.8 Å². The van der Waals surface area contributed by atoms with Crippen molar-refractivity contribution in [2.75, 3.05) is 7.05 Å². The SMILES string of the molecule is CNC(=O)c1cc(C(=O)CC2CCCC2)cc(Cc2ccccc2)n1. The van der Waals surface area contributed by atoms with Crippen molar-refractivity contribution in [3.05, 3.63) is 65.0 Å². The Balaban J connectivity index is 1.86. The highest BCUT2D eigenvalue weighted by atomic mass is 16.1. The van der Waals surface area contributed by atoms with Crippen LogP contribution in [0.2, 0.25) is 0 Å². The summed E-state index contributed by atoms with van der Waals surface area (Å²) in [5.74, 6) is 0.347. The number of carbonyl (C=O) groups is 2. The van der Waals surface area contributed by atoms with E-state index < -0.39 is 0 Å². The average Bonchev–Trinajstić information content (AvgIpc) is 3.14. The summed E-state index contributed by atoms with van der Waals surface area (Å²) in [4.78, 5) is 29.2. The number of aromatic nitrogens is 1. The van der Waals surface area contributed by atoms with Gasteiger partial charge in [-0.2, -0.15) is 0 Å². The molecule has 4 heteroatoms. The topological polar surface area (TPSA) is 59.1 Å². The van der Waals surface area contributed by atoms with E-state index in [0.29, 0.717) is 30.0 Å².